The number of unbranched alkanes of at least 4 members (excludes halogenated alkanes) is 25. The number of hydrogen-bond donors (Lipinski definition) is 0. The fraction of sp³-hybridized carbons (Fsp3) is 0.946. The van der Waals surface area contributed by atoms with Gasteiger partial charge in [0.15, 0.2) is 0 Å². The fourth-order valence-electron chi connectivity index (χ4n) is 6.08. The molecule has 0 fully saturated rings. The number of rotatable bonds is 32. The van der Waals surface area contributed by atoms with E-state index < -0.39 is 0 Å². The van der Waals surface area contributed by atoms with E-state index >= 15 is 0 Å². The third-order valence-corrected chi connectivity index (χ3v) is 8.73. The largest absolute Gasteiger partial charge is 0.469 e. The molecule has 0 aromatic heterocycles. The molecule has 0 aliphatic heterocycles. The second-order valence-electron chi connectivity index (χ2n) is 12.7. The molecular weight excluding hydrogens is 508 g/mol. The molecule has 0 radical (unpaired) electrons. The molecule has 0 aliphatic carbocycles. The van der Waals surface area contributed by atoms with Gasteiger partial charge >= 0.3 is 11.9 Å². The van der Waals surface area contributed by atoms with Crippen molar-refractivity contribution in [3.05, 3.63) is 0 Å². The molecule has 0 saturated heterocycles. The maximum absolute atomic E-state index is 12.6. The van der Waals surface area contributed by atoms with Crippen LogP contribution in [0.1, 0.15) is 207 Å². The van der Waals surface area contributed by atoms with Crippen molar-refractivity contribution < 1.29 is 19.1 Å². The fourth-order valence-corrected chi connectivity index (χ4v) is 6.08. The molecule has 0 heterocycles. The number of esters is 2. The van der Waals surface area contributed by atoms with E-state index in [-0.39, 0.29) is 24.0 Å². The summed E-state index contributed by atoms with van der Waals surface area (Å²) in [6.07, 6.45) is 36.6. The van der Waals surface area contributed by atoms with Gasteiger partial charge in [0.25, 0.3) is 0 Å². The van der Waals surface area contributed by atoms with E-state index in [4.69, 9.17) is 9.47 Å². The molecule has 4 heteroatoms. The van der Waals surface area contributed by atoms with Crippen LogP contribution in [0.2, 0.25) is 0 Å². The highest BCUT2D eigenvalue weighted by molar-refractivity contribution is 5.74. The normalized spacial score (nSPS) is 12.8. The van der Waals surface area contributed by atoms with Gasteiger partial charge in [-0.25, -0.2) is 0 Å². The van der Waals surface area contributed by atoms with Crippen molar-refractivity contribution in [2.24, 2.45) is 5.92 Å². The van der Waals surface area contributed by atoms with Crippen LogP contribution in [0, 0.1) is 5.92 Å². The predicted molar refractivity (Wildman–Crippen MR) is 176 cm³/mol. The van der Waals surface area contributed by atoms with Gasteiger partial charge in [0.2, 0.25) is 0 Å². The third kappa shape index (κ3) is 27.5. The van der Waals surface area contributed by atoms with Crippen molar-refractivity contribution in [3.63, 3.8) is 0 Å². The van der Waals surface area contributed by atoms with Gasteiger partial charge in [0.1, 0.15) is 6.10 Å². The molecule has 0 aliphatic rings. The Hall–Kier alpha value is -1.06. The Morgan fingerprint density at radius 3 is 1.05 bits per heavy atom. The summed E-state index contributed by atoms with van der Waals surface area (Å²) in [5.41, 5.74) is 0. The lowest BCUT2D eigenvalue weighted by Gasteiger charge is -2.25. The van der Waals surface area contributed by atoms with E-state index in [1.165, 1.54) is 162 Å². The molecule has 0 saturated carbocycles. The number of carbonyl (C=O) groups excluding carboxylic acids is 2. The molecule has 2 atom stereocenters. The molecule has 0 spiro atoms. The molecule has 244 valence electrons. The molecule has 4 nitrogen and oxygen atoms in total. The second kappa shape index (κ2) is 31.9. The molecule has 0 aromatic rings. The summed E-state index contributed by atoms with van der Waals surface area (Å²) in [4.78, 5) is 24.4. The summed E-state index contributed by atoms with van der Waals surface area (Å²) >= 11 is 0. The van der Waals surface area contributed by atoms with Crippen molar-refractivity contribution >= 4 is 11.9 Å². The maximum Gasteiger partial charge on any atom is 0.312 e. The second-order valence-corrected chi connectivity index (χ2v) is 12.7. The van der Waals surface area contributed by atoms with Gasteiger partial charge < -0.3 is 9.47 Å². The standard InChI is InChI=1S/C37H72O4/c1-5-7-9-11-13-15-17-19-20-21-23-25-27-29-31-33-36(41-34(3)38)35(37(39)40-4)32-30-28-26-24-22-18-16-14-12-10-8-6-2/h35-36H,5-33H2,1-4H3. The highest BCUT2D eigenvalue weighted by Gasteiger charge is 2.30. The molecule has 0 rings (SSSR count). The summed E-state index contributed by atoms with van der Waals surface area (Å²) in [7, 11) is 1.45. The minimum absolute atomic E-state index is 0.222. The van der Waals surface area contributed by atoms with Crippen LogP contribution in [0.25, 0.3) is 0 Å². The molecule has 0 bridgehead atoms. The van der Waals surface area contributed by atoms with Gasteiger partial charge in [0, 0.05) is 6.92 Å². The van der Waals surface area contributed by atoms with Crippen molar-refractivity contribution in [2.45, 2.75) is 213 Å². The molecule has 0 aromatic carbocycles. The van der Waals surface area contributed by atoms with E-state index in [2.05, 4.69) is 13.8 Å². The minimum atomic E-state index is -0.352. The van der Waals surface area contributed by atoms with Crippen molar-refractivity contribution in [1.82, 2.24) is 0 Å². The Morgan fingerprint density at radius 2 is 0.756 bits per heavy atom. The molecule has 41 heavy (non-hydrogen) atoms. The van der Waals surface area contributed by atoms with Crippen LogP contribution >= 0.6 is 0 Å². The zero-order valence-electron chi connectivity index (χ0n) is 28.3. The summed E-state index contributed by atoms with van der Waals surface area (Å²) < 4.78 is 10.8. The molecule has 0 amide bonds. The quantitative estimate of drug-likeness (QED) is 0.0586. The Morgan fingerprint density at radius 1 is 0.463 bits per heavy atom. The first-order chi connectivity index (χ1) is 20.1. The lowest BCUT2D eigenvalue weighted by Crippen LogP contribution is -2.33. The van der Waals surface area contributed by atoms with Gasteiger partial charge in [-0.3, -0.25) is 9.59 Å². The van der Waals surface area contributed by atoms with Gasteiger partial charge in [-0.05, 0) is 19.3 Å². The number of carbonyl (C=O) groups is 2. The van der Waals surface area contributed by atoms with Gasteiger partial charge in [-0.2, -0.15) is 0 Å². The van der Waals surface area contributed by atoms with Crippen LogP contribution in [0.4, 0.5) is 0 Å². The highest BCUT2D eigenvalue weighted by atomic mass is 16.6. The topological polar surface area (TPSA) is 52.6 Å². The zero-order valence-corrected chi connectivity index (χ0v) is 28.3. The van der Waals surface area contributed by atoms with E-state index in [0.717, 1.165) is 38.5 Å². The summed E-state index contributed by atoms with van der Waals surface area (Å²) in [5.74, 6) is -0.849. The third-order valence-electron chi connectivity index (χ3n) is 8.73. The summed E-state index contributed by atoms with van der Waals surface area (Å²) in [5, 5.41) is 0. The van der Waals surface area contributed by atoms with E-state index in [0.29, 0.717) is 0 Å². The molecule has 2 unspecified atom stereocenters. The Balaban J connectivity index is 4.04. The average Bonchev–Trinajstić information content (AvgIpc) is 2.96. The van der Waals surface area contributed by atoms with Gasteiger partial charge in [-0.1, -0.05) is 181 Å². The van der Waals surface area contributed by atoms with Gasteiger partial charge in [-0.15, -0.1) is 0 Å². The Kier molecular flexibility index (Phi) is 31.0. The minimum Gasteiger partial charge on any atom is -0.469 e. The summed E-state index contributed by atoms with van der Waals surface area (Å²) in [6, 6.07) is 0. The van der Waals surface area contributed by atoms with E-state index in [1.807, 2.05) is 0 Å². The predicted octanol–water partition coefficient (Wildman–Crippen LogP) is 12.1. The smallest absolute Gasteiger partial charge is 0.312 e. The van der Waals surface area contributed by atoms with Crippen LogP contribution < -0.4 is 0 Å². The SMILES string of the molecule is CCCCCCCCCCCCCCCCCC(OC(C)=O)C(CCCCCCCCCCCCCC)C(=O)OC. The van der Waals surface area contributed by atoms with Gasteiger partial charge in [0.05, 0.1) is 13.0 Å². The highest BCUT2D eigenvalue weighted by Crippen LogP contribution is 2.24. The van der Waals surface area contributed by atoms with Crippen LogP contribution in [-0.2, 0) is 19.1 Å². The maximum atomic E-state index is 12.6. The van der Waals surface area contributed by atoms with Crippen LogP contribution in [0.15, 0.2) is 0 Å². The monoisotopic (exact) mass is 581 g/mol. The van der Waals surface area contributed by atoms with Crippen molar-refractivity contribution in [1.29, 1.82) is 0 Å². The zero-order chi connectivity index (χ0) is 30.2. The first kappa shape index (κ1) is 39.9. The van der Waals surface area contributed by atoms with E-state index in [9.17, 15) is 9.59 Å². The van der Waals surface area contributed by atoms with Crippen molar-refractivity contribution in [3.8, 4) is 0 Å². The van der Waals surface area contributed by atoms with Crippen LogP contribution in [0.5, 0.6) is 0 Å². The summed E-state index contributed by atoms with van der Waals surface area (Å²) in [6.45, 7) is 6.00. The molecule has 0 N–H and O–H groups in total. The van der Waals surface area contributed by atoms with E-state index in [1.54, 1.807) is 0 Å². The van der Waals surface area contributed by atoms with Crippen molar-refractivity contribution in [2.75, 3.05) is 7.11 Å². The number of methoxy groups -OCH3 is 1. The Bertz CT molecular complexity index is 561. The lowest BCUT2D eigenvalue weighted by atomic mass is 9.91. The molecular formula is C37H72O4. The first-order valence-electron chi connectivity index (χ1n) is 18.3. The first-order valence-corrected chi connectivity index (χ1v) is 18.3. The number of hydrogen-bond acceptors (Lipinski definition) is 4. The van der Waals surface area contributed by atoms with Crippen LogP contribution in [-0.4, -0.2) is 25.2 Å². The number of ether oxygens (including phenoxy) is 2. The lowest BCUT2D eigenvalue weighted by molar-refractivity contribution is -0.160. The average molecular weight is 581 g/mol. The van der Waals surface area contributed by atoms with Crippen LogP contribution in [0.3, 0.4) is 0 Å². The Labute approximate surface area is 256 Å².